The lowest BCUT2D eigenvalue weighted by molar-refractivity contribution is -0.116. The van der Waals surface area contributed by atoms with Crippen molar-refractivity contribution in [2.45, 2.75) is 12.8 Å². The van der Waals surface area contributed by atoms with Crippen molar-refractivity contribution in [2.24, 2.45) is 0 Å². The largest absolute Gasteiger partial charge is 0.326 e. The van der Waals surface area contributed by atoms with Crippen molar-refractivity contribution in [3.63, 3.8) is 0 Å². The second-order valence-corrected chi connectivity index (χ2v) is 3.70. The zero-order chi connectivity index (χ0) is 10.8. The second-order valence-electron chi connectivity index (χ2n) is 3.44. The number of alkyl halides is 1. The van der Waals surface area contributed by atoms with Gasteiger partial charge in [0.1, 0.15) is 0 Å². The van der Waals surface area contributed by atoms with Crippen LogP contribution in [-0.4, -0.2) is 17.6 Å². The Balaban J connectivity index is 2.46. The normalized spacial score (nSPS) is 14.3. The van der Waals surface area contributed by atoms with Gasteiger partial charge in [-0.05, 0) is 18.1 Å². The summed E-state index contributed by atoms with van der Waals surface area (Å²) in [5.41, 5.74) is 2.27. The SMILES string of the molecule is O=C1CCc2c(cccc2C(=O)CCl)N1. The van der Waals surface area contributed by atoms with Crippen LogP contribution in [0.15, 0.2) is 18.2 Å². The highest BCUT2D eigenvalue weighted by Gasteiger charge is 2.19. The first-order valence-corrected chi connectivity index (χ1v) is 5.26. The maximum atomic E-state index is 11.5. The maximum absolute atomic E-state index is 11.5. The highest BCUT2D eigenvalue weighted by atomic mass is 35.5. The lowest BCUT2D eigenvalue weighted by Gasteiger charge is -2.18. The van der Waals surface area contributed by atoms with Gasteiger partial charge in [-0.3, -0.25) is 9.59 Å². The minimum Gasteiger partial charge on any atom is -0.326 e. The van der Waals surface area contributed by atoms with Gasteiger partial charge < -0.3 is 5.32 Å². The van der Waals surface area contributed by atoms with Crippen LogP contribution in [0.5, 0.6) is 0 Å². The van der Waals surface area contributed by atoms with Gasteiger partial charge >= 0.3 is 0 Å². The minimum absolute atomic E-state index is 0.00188. The van der Waals surface area contributed by atoms with Crippen LogP contribution in [0, 0.1) is 0 Å². The molecule has 0 unspecified atom stereocenters. The van der Waals surface area contributed by atoms with Crippen LogP contribution in [0.1, 0.15) is 22.3 Å². The lowest BCUT2D eigenvalue weighted by Crippen LogP contribution is -2.21. The van der Waals surface area contributed by atoms with Crippen molar-refractivity contribution in [3.05, 3.63) is 29.3 Å². The summed E-state index contributed by atoms with van der Waals surface area (Å²) in [4.78, 5) is 22.7. The molecule has 4 heteroatoms. The standard InChI is InChI=1S/C11H10ClNO2/c12-6-10(14)8-2-1-3-9-7(8)4-5-11(15)13-9/h1-3H,4-6H2,(H,13,15). The van der Waals surface area contributed by atoms with Crippen molar-refractivity contribution in [1.29, 1.82) is 0 Å². The molecule has 0 bridgehead atoms. The number of amides is 1. The molecule has 78 valence electrons. The Kier molecular flexibility index (Phi) is 2.73. The Morgan fingerprint density at radius 1 is 1.40 bits per heavy atom. The number of nitrogens with one attached hydrogen (secondary N) is 1. The number of rotatable bonds is 2. The number of carbonyl (C=O) groups excluding carboxylic acids is 2. The Morgan fingerprint density at radius 2 is 2.20 bits per heavy atom. The molecule has 3 nitrogen and oxygen atoms in total. The maximum Gasteiger partial charge on any atom is 0.224 e. The third kappa shape index (κ3) is 1.88. The zero-order valence-corrected chi connectivity index (χ0v) is 8.80. The average Bonchev–Trinajstić information content (AvgIpc) is 2.26. The van der Waals surface area contributed by atoms with E-state index < -0.39 is 0 Å². The quantitative estimate of drug-likeness (QED) is 0.616. The van der Waals surface area contributed by atoms with Crippen molar-refractivity contribution in [1.82, 2.24) is 0 Å². The fraction of sp³-hybridized carbons (Fsp3) is 0.273. The van der Waals surface area contributed by atoms with Gasteiger partial charge in [0.15, 0.2) is 5.78 Å². The Hall–Kier alpha value is -1.35. The van der Waals surface area contributed by atoms with E-state index in [1.54, 1.807) is 18.2 Å². The van der Waals surface area contributed by atoms with Crippen molar-refractivity contribution < 1.29 is 9.59 Å². The number of ketones is 1. The number of hydrogen-bond acceptors (Lipinski definition) is 2. The predicted octanol–water partition coefficient (Wildman–Crippen LogP) is 1.99. The number of halogens is 1. The van der Waals surface area contributed by atoms with Crippen LogP contribution < -0.4 is 5.32 Å². The molecule has 1 aromatic carbocycles. The molecule has 2 rings (SSSR count). The molecule has 15 heavy (non-hydrogen) atoms. The van der Waals surface area contributed by atoms with Gasteiger partial charge in [0.25, 0.3) is 0 Å². The lowest BCUT2D eigenvalue weighted by atomic mass is 9.95. The number of Topliss-reactive ketones (excluding diaryl/α,β-unsaturated/α-hetero) is 1. The van der Waals surface area contributed by atoms with Crippen LogP contribution >= 0.6 is 11.6 Å². The molecule has 0 saturated heterocycles. The van der Waals surface area contributed by atoms with Crippen LogP contribution in [0.2, 0.25) is 0 Å². The summed E-state index contributed by atoms with van der Waals surface area (Å²) in [6.45, 7) is 0. The van der Waals surface area contributed by atoms with E-state index in [1.165, 1.54) is 0 Å². The fourth-order valence-electron chi connectivity index (χ4n) is 1.76. The summed E-state index contributed by atoms with van der Waals surface area (Å²) in [6, 6.07) is 5.31. The average molecular weight is 224 g/mol. The van der Waals surface area contributed by atoms with E-state index in [9.17, 15) is 9.59 Å². The van der Waals surface area contributed by atoms with Gasteiger partial charge in [0.05, 0.1) is 5.88 Å². The van der Waals surface area contributed by atoms with E-state index >= 15 is 0 Å². The summed E-state index contributed by atoms with van der Waals surface area (Å²) >= 11 is 5.52. The second kappa shape index (κ2) is 4.03. The molecule has 0 atom stereocenters. The predicted molar refractivity (Wildman–Crippen MR) is 58.4 cm³/mol. The molecule has 1 aliphatic rings. The summed E-state index contributed by atoms with van der Waals surface area (Å²) in [6.07, 6.45) is 1.04. The third-order valence-corrected chi connectivity index (χ3v) is 2.72. The molecule has 0 aromatic heterocycles. The number of anilines is 1. The van der Waals surface area contributed by atoms with Crippen molar-refractivity contribution in [3.8, 4) is 0 Å². The summed E-state index contributed by atoms with van der Waals surface area (Å²) in [7, 11) is 0. The first-order valence-electron chi connectivity index (χ1n) is 4.73. The van der Waals surface area contributed by atoms with Gasteiger partial charge in [0, 0.05) is 17.7 Å². The molecule has 1 N–H and O–H groups in total. The smallest absolute Gasteiger partial charge is 0.224 e. The molecule has 0 saturated carbocycles. The van der Waals surface area contributed by atoms with E-state index in [-0.39, 0.29) is 17.6 Å². The molecule has 0 aliphatic carbocycles. The Labute approximate surface area is 92.4 Å². The van der Waals surface area contributed by atoms with Gasteiger partial charge in [-0.2, -0.15) is 0 Å². The topological polar surface area (TPSA) is 46.2 Å². The van der Waals surface area contributed by atoms with E-state index in [1.807, 2.05) is 0 Å². The number of hydrogen-bond donors (Lipinski definition) is 1. The molecule has 1 amide bonds. The van der Waals surface area contributed by atoms with E-state index in [0.29, 0.717) is 18.4 Å². The molecular formula is C11H10ClNO2. The molecule has 0 fully saturated rings. The number of benzene rings is 1. The number of carbonyl (C=O) groups is 2. The highest BCUT2D eigenvalue weighted by Crippen LogP contribution is 2.26. The van der Waals surface area contributed by atoms with Crippen molar-refractivity contribution in [2.75, 3.05) is 11.2 Å². The first-order chi connectivity index (χ1) is 7.22. The van der Waals surface area contributed by atoms with Gasteiger partial charge in [-0.25, -0.2) is 0 Å². The van der Waals surface area contributed by atoms with Crippen LogP contribution in [-0.2, 0) is 11.2 Å². The third-order valence-electron chi connectivity index (χ3n) is 2.47. The van der Waals surface area contributed by atoms with Crippen LogP contribution in [0.25, 0.3) is 0 Å². The zero-order valence-electron chi connectivity index (χ0n) is 8.05. The summed E-state index contributed by atoms with van der Waals surface area (Å²) in [5, 5.41) is 2.74. The summed E-state index contributed by atoms with van der Waals surface area (Å²) < 4.78 is 0. The molecule has 0 spiro atoms. The molecule has 1 aliphatic heterocycles. The Bertz CT molecular complexity index is 429. The minimum atomic E-state index is -0.0929. The summed E-state index contributed by atoms with van der Waals surface area (Å²) in [5.74, 6) is -0.118. The number of fused-ring (bicyclic) bond motifs is 1. The van der Waals surface area contributed by atoms with Crippen LogP contribution in [0.4, 0.5) is 5.69 Å². The monoisotopic (exact) mass is 223 g/mol. The van der Waals surface area contributed by atoms with E-state index in [4.69, 9.17) is 11.6 Å². The van der Waals surface area contributed by atoms with Gasteiger partial charge in [0.2, 0.25) is 5.91 Å². The van der Waals surface area contributed by atoms with E-state index in [0.717, 1.165) is 11.3 Å². The molecular weight excluding hydrogens is 214 g/mol. The molecule has 1 heterocycles. The first kappa shape index (κ1) is 10.2. The van der Waals surface area contributed by atoms with Gasteiger partial charge in [-0.1, -0.05) is 12.1 Å². The molecule has 1 aromatic rings. The molecule has 0 radical (unpaired) electrons. The fourth-order valence-corrected chi connectivity index (χ4v) is 1.90. The van der Waals surface area contributed by atoms with Gasteiger partial charge in [-0.15, -0.1) is 11.6 Å². The highest BCUT2D eigenvalue weighted by molar-refractivity contribution is 6.30. The Morgan fingerprint density at radius 3 is 2.93 bits per heavy atom. The van der Waals surface area contributed by atoms with Crippen LogP contribution in [0.3, 0.4) is 0 Å². The van der Waals surface area contributed by atoms with E-state index in [2.05, 4.69) is 5.32 Å². The van der Waals surface area contributed by atoms with Crippen molar-refractivity contribution >= 4 is 29.0 Å².